The van der Waals surface area contributed by atoms with Gasteiger partial charge in [0.05, 0.1) is 13.1 Å². The Morgan fingerprint density at radius 1 is 0.553 bits per heavy atom. The molecule has 0 bridgehead atoms. The molecule has 192 valence electrons. The van der Waals surface area contributed by atoms with E-state index >= 15 is 0 Å². The van der Waals surface area contributed by atoms with Crippen LogP contribution in [0.5, 0.6) is 11.5 Å². The van der Waals surface area contributed by atoms with E-state index in [4.69, 9.17) is 0 Å². The van der Waals surface area contributed by atoms with Gasteiger partial charge in [-0.25, -0.2) is 0 Å². The summed E-state index contributed by atoms with van der Waals surface area (Å²) in [7, 11) is 0. The first-order chi connectivity index (χ1) is 18.6. The highest BCUT2D eigenvalue weighted by Crippen LogP contribution is 2.27. The highest BCUT2D eigenvalue weighted by atomic mass is 16.9. The third kappa shape index (κ3) is 7.47. The van der Waals surface area contributed by atoms with Gasteiger partial charge in [0.2, 0.25) is 0 Å². The van der Waals surface area contributed by atoms with E-state index < -0.39 is 6.16 Å². The van der Waals surface area contributed by atoms with Gasteiger partial charge in [-0.2, -0.15) is 4.79 Å². The maximum absolute atomic E-state index is 11.7. The average Bonchev–Trinajstić information content (AvgIpc) is 2.94. The summed E-state index contributed by atoms with van der Waals surface area (Å²) in [6, 6.07) is 30.3. The standard InChI is InChI=1S/C29H26N4O5/c34-27-23(17-21-9-3-1-4-10-21)13-7-15-25(27)19-30-32-37-29(36)38-33-31-20-26-16-8-14-24(28(26)35)18-22-11-5-2-6-12-22/h1-16,34-35H,17-20H2. The van der Waals surface area contributed by atoms with Crippen molar-refractivity contribution in [3.8, 4) is 11.5 Å². The van der Waals surface area contributed by atoms with Gasteiger partial charge in [-0.1, -0.05) is 97.1 Å². The smallest absolute Gasteiger partial charge is 0.507 e. The van der Waals surface area contributed by atoms with E-state index in [0.717, 1.165) is 22.3 Å². The average molecular weight is 511 g/mol. The maximum atomic E-state index is 11.7. The van der Waals surface area contributed by atoms with Crippen LogP contribution in [0.1, 0.15) is 33.4 Å². The van der Waals surface area contributed by atoms with E-state index in [9.17, 15) is 15.0 Å². The molecule has 0 fully saturated rings. The Hall–Kier alpha value is -5.05. The molecule has 0 radical (unpaired) electrons. The quantitative estimate of drug-likeness (QED) is 0.178. The summed E-state index contributed by atoms with van der Waals surface area (Å²) >= 11 is 0. The number of benzene rings is 4. The van der Waals surface area contributed by atoms with Gasteiger partial charge in [-0.05, 0) is 22.3 Å². The second-order valence-corrected chi connectivity index (χ2v) is 8.37. The first-order valence-corrected chi connectivity index (χ1v) is 11.9. The van der Waals surface area contributed by atoms with E-state index in [-0.39, 0.29) is 24.6 Å². The summed E-state index contributed by atoms with van der Waals surface area (Å²) in [5.41, 5.74) is 4.71. The molecule has 0 heterocycles. The molecular formula is C29H26N4O5. The molecule has 0 saturated carbocycles. The van der Waals surface area contributed by atoms with Crippen LogP contribution in [-0.4, -0.2) is 16.4 Å². The van der Waals surface area contributed by atoms with Crippen LogP contribution in [0.3, 0.4) is 0 Å². The van der Waals surface area contributed by atoms with Crippen molar-refractivity contribution in [1.82, 2.24) is 0 Å². The molecule has 0 amide bonds. The summed E-state index contributed by atoms with van der Waals surface area (Å²) in [5.74, 6) is 0.227. The Morgan fingerprint density at radius 2 is 0.947 bits per heavy atom. The number of carbonyl (C=O) groups is 1. The molecule has 0 saturated heterocycles. The van der Waals surface area contributed by atoms with Crippen molar-refractivity contribution >= 4 is 6.16 Å². The van der Waals surface area contributed by atoms with Gasteiger partial charge in [0.15, 0.2) is 0 Å². The minimum Gasteiger partial charge on any atom is -0.507 e. The Labute approximate surface area is 219 Å². The number of phenols is 2. The van der Waals surface area contributed by atoms with Crippen LogP contribution in [0, 0.1) is 0 Å². The third-order valence-electron chi connectivity index (χ3n) is 5.71. The zero-order chi connectivity index (χ0) is 26.6. The predicted octanol–water partition coefficient (Wildman–Crippen LogP) is 6.87. The van der Waals surface area contributed by atoms with Crippen LogP contribution in [0.4, 0.5) is 4.79 Å². The Morgan fingerprint density at radius 3 is 1.37 bits per heavy atom. The lowest BCUT2D eigenvalue weighted by Crippen LogP contribution is -1.98. The van der Waals surface area contributed by atoms with Gasteiger partial charge in [0, 0.05) is 34.5 Å². The summed E-state index contributed by atoms with van der Waals surface area (Å²) in [6.07, 6.45) is -0.0807. The molecule has 38 heavy (non-hydrogen) atoms. The maximum Gasteiger partial charge on any atom is 0.565 e. The second-order valence-electron chi connectivity index (χ2n) is 8.37. The topological polar surface area (TPSA) is 125 Å². The molecule has 2 N–H and O–H groups in total. The van der Waals surface area contributed by atoms with Crippen molar-refractivity contribution in [2.24, 2.45) is 20.8 Å². The lowest BCUT2D eigenvalue weighted by molar-refractivity contribution is 0.0455. The summed E-state index contributed by atoms with van der Waals surface area (Å²) in [4.78, 5) is 20.7. The molecule has 0 spiro atoms. The van der Waals surface area contributed by atoms with Crippen LogP contribution >= 0.6 is 0 Å². The van der Waals surface area contributed by atoms with E-state index in [1.54, 1.807) is 12.1 Å². The molecule has 0 aromatic heterocycles. The minimum atomic E-state index is -1.22. The van der Waals surface area contributed by atoms with E-state index in [1.165, 1.54) is 0 Å². The van der Waals surface area contributed by atoms with Crippen molar-refractivity contribution in [1.29, 1.82) is 0 Å². The fraction of sp³-hybridized carbons (Fsp3) is 0.138. The zero-order valence-electron chi connectivity index (χ0n) is 20.5. The van der Waals surface area contributed by atoms with Crippen molar-refractivity contribution in [3.05, 3.63) is 130 Å². The normalized spacial score (nSPS) is 11.2. The van der Waals surface area contributed by atoms with E-state index in [1.807, 2.05) is 84.9 Å². The fourth-order valence-electron chi connectivity index (χ4n) is 3.81. The van der Waals surface area contributed by atoms with E-state index in [0.29, 0.717) is 24.0 Å². The molecular weight excluding hydrogens is 484 g/mol. The molecule has 4 aromatic carbocycles. The predicted molar refractivity (Wildman–Crippen MR) is 139 cm³/mol. The van der Waals surface area contributed by atoms with Crippen LogP contribution < -0.4 is 0 Å². The third-order valence-corrected chi connectivity index (χ3v) is 5.71. The molecule has 0 aliphatic rings. The van der Waals surface area contributed by atoms with Gasteiger partial charge in [-0.3, -0.25) is 9.68 Å². The zero-order valence-corrected chi connectivity index (χ0v) is 20.5. The Kier molecular flexibility index (Phi) is 9.12. The molecule has 9 heteroatoms. The SMILES string of the molecule is O=C(ON=NCc1cccc(Cc2ccccc2)c1O)ON=NCc1cccc(Cc2ccccc2)c1O. The number of para-hydroxylation sites is 2. The lowest BCUT2D eigenvalue weighted by Gasteiger charge is -2.08. The summed E-state index contributed by atoms with van der Waals surface area (Å²) < 4.78 is 0. The van der Waals surface area contributed by atoms with Crippen LogP contribution in [0.2, 0.25) is 0 Å². The highest BCUT2D eigenvalue weighted by molar-refractivity contribution is 5.59. The molecule has 9 nitrogen and oxygen atoms in total. The summed E-state index contributed by atoms with van der Waals surface area (Å²) in [6.45, 7) is 0.00369. The fourth-order valence-corrected chi connectivity index (χ4v) is 3.81. The van der Waals surface area contributed by atoms with E-state index in [2.05, 4.69) is 30.5 Å². The number of nitrogens with zero attached hydrogens (tertiary/aromatic N) is 4. The summed E-state index contributed by atoms with van der Waals surface area (Å²) in [5, 5.41) is 35.2. The van der Waals surface area contributed by atoms with Crippen molar-refractivity contribution < 1.29 is 24.7 Å². The first kappa shape index (κ1) is 26.0. The van der Waals surface area contributed by atoms with Gasteiger partial charge in [-0.15, -0.1) is 10.2 Å². The largest absolute Gasteiger partial charge is 0.565 e. The number of rotatable bonds is 10. The highest BCUT2D eigenvalue weighted by Gasteiger charge is 2.10. The van der Waals surface area contributed by atoms with Crippen LogP contribution in [-0.2, 0) is 35.6 Å². The number of hydrogen-bond donors (Lipinski definition) is 2. The van der Waals surface area contributed by atoms with Crippen LogP contribution in [0.15, 0.2) is 118 Å². The molecule has 4 rings (SSSR count). The first-order valence-electron chi connectivity index (χ1n) is 11.9. The van der Waals surface area contributed by atoms with Gasteiger partial charge < -0.3 is 10.2 Å². The monoisotopic (exact) mass is 510 g/mol. The molecule has 0 aliphatic heterocycles. The number of carbonyl (C=O) groups excluding carboxylic acids is 1. The number of phenolic OH excluding ortho intramolecular Hbond substituents is 2. The van der Waals surface area contributed by atoms with Crippen LogP contribution in [0.25, 0.3) is 0 Å². The number of hydrogen-bond acceptors (Lipinski definition) is 9. The molecule has 0 atom stereocenters. The van der Waals surface area contributed by atoms with Crippen molar-refractivity contribution in [2.75, 3.05) is 0 Å². The second kappa shape index (κ2) is 13.3. The van der Waals surface area contributed by atoms with Gasteiger partial charge in [0.25, 0.3) is 0 Å². The van der Waals surface area contributed by atoms with Crippen molar-refractivity contribution in [2.45, 2.75) is 25.9 Å². The number of aromatic hydroxyl groups is 2. The van der Waals surface area contributed by atoms with Crippen molar-refractivity contribution in [3.63, 3.8) is 0 Å². The lowest BCUT2D eigenvalue weighted by atomic mass is 10.0. The Balaban J connectivity index is 1.23. The minimum absolute atomic E-state index is 0.00184. The van der Waals surface area contributed by atoms with Gasteiger partial charge in [0.1, 0.15) is 11.5 Å². The molecule has 0 unspecified atom stereocenters. The Bertz CT molecular complexity index is 1300. The molecule has 0 aliphatic carbocycles. The van der Waals surface area contributed by atoms with Gasteiger partial charge >= 0.3 is 6.16 Å². The molecule has 4 aromatic rings.